The number of hydrogen-bond acceptors (Lipinski definition) is 3. The molecule has 25 heavy (non-hydrogen) atoms. The van der Waals surface area contributed by atoms with E-state index in [0.717, 1.165) is 15.7 Å². The van der Waals surface area contributed by atoms with Gasteiger partial charge in [0.2, 0.25) is 0 Å². The van der Waals surface area contributed by atoms with Gasteiger partial charge in [-0.05, 0) is 65.8 Å². The molecule has 1 N–H and O–H groups in total. The smallest absolute Gasteiger partial charge is 0.261 e. The minimum atomic E-state index is -0.582. The zero-order valence-corrected chi connectivity index (χ0v) is 17.2. The van der Waals surface area contributed by atoms with Gasteiger partial charge in [0.15, 0.2) is 6.10 Å². The Morgan fingerprint density at radius 2 is 1.84 bits per heavy atom. The van der Waals surface area contributed by atoms with Gasteiger partial charge in [0, 0.05) is 16.2 Å². The quantitative estimate of drug-likeness (QED) is 0.800. The Labute approximate surface area is 157 Å². The van der Waals surface area contributed by atoms with Crippen LogP contribution in [-0.2, 0) is 10.3 Å². The molecule has 1 amide bonds. The van der Waals surface area contributed by atoms with Gasteiger partial charge in [0.25, 0.3) is 5.91 Å². The molecule has 1 heterocycles. The summed E-state index contributed by atoms with van der Waals surface area (Å²) in [5, 5.41) is 7.57. The molecule has 5 nitrogen and oxygen atoms in total. The van der Waals surface area contributed by atoms with Crippen molar-refractivity contribution in [2.45, 2.75) is 59.2 Å². The number of hydrogen-bond donors (Lipinski definition) is 1. The topological polar surface area (TPSA) is 56.2 Å². The van der Waals surface area contributed by atoms with Crippen LogP contribution in [0.2, 0.25) is 0 Å². The van der Waals surface area contributed by atoms with Gasteiger partial charge < -0.3 is 10.1 Å². The van der Waals surface area contributed by atoms with E-state index in [1.54, 1.807) is 6.92 Å². The van der Waals surface area contributed by atoms with Crippen molar-refractivity contribution >= 4 is 21.8 Å². The molecule has 0 unspecified atom stereocenters. The fourth-order valence-corrected chi connectivity index (χ4v) is 2.69. The van der Waals surface area contributed by atoms with E-state index in [2.05, 4.69) is 47.1 Å². The van der Waals surface area contributed by atoms with Gasteiger partial charge in [-0.3, -0.25) is 9.48 Å². The van der Waals surface area contributed by atoms with Crippen LogP contribution in [0.4, 0.5) is 0 Å². The predicted octanol–water partition coefficient (Wildman–Crippen LogP) is 4.35. The van der Waals surface area contributed by atoms with E-state index in [-0.39, 0.29) is 17.5 Å². The highest BCUT2D eigenvalue weighted by Crippen LogP contribution is 2.22. The molecule has 0 aliphatic carbocycles. The van der Waals surface area contributed by atoms with Crippen LogP contribution in [0.5, 0.6) is 5.75 Å². The van der Waals surface area contributed by atoms with Crippen molar-refractivity contribution in [3.8, 4) is 5.75 Å². The maximum Gasteiger partial charge on any atom is 0.261 e. The molecule has 6 heteroatoms. The Bertz CT molecular complexity index is 732. The summed E-state index contributed by atoms with van der Waals surface area (Å²) in [5.74, 6) is 0.508. The van der Waals surface area contributed by atoms with Gasteiger partial charge in [-0.1, -0.05) is 15.9 Å². The minimum absolute atomic E-state index is 0.0925. The number of nitrogens with one attached hydrogen (secondary N) is 1. The molecule has 136 valence electrons. The molecule has 2 aromatic rings. The third kappa shape index (κ3) is 5.08. The highest BCUT2D eigenvalue weighted by atomic mass is 79.9. The summed E-state index contributed by atoms with van der Waals surface area (Å²) in [4.78, 5) is 12.4. The fourth-order valence-electron chi connectivity index (χ4n) is 2.42. The zero-order valence-electron chi connectivity index (χ0n) is 15.6. The standard InChI is InChI=1S/C19H26BrN3O2/c1-12(17-11-23(19(4,5)6)22-13(17)2)21-18(24)14(3)25-16-9-7-15(20)8-10-16/h7-12,14H,1-6H3,(H,21,24)/t12-,14-/m0/s1. The van der Waals surface area contributed by atoms with E-state index in [9.17, 15) is 4.79 Å². The molecular weight excluding hydrogens is 382 g/mol. The second kappa shape index (κ2) is 7.60. The van der Waals surface area contributed by atoms with E-state index >= 15 is 0 Å². The number of rotatable bonds is 5. The molecule has 0 fully saturated rings. The van der Waals surface area contributed by atoms with E-state index in [4.69, 9.17) is 4.74 Å². The first-order chi connectivity index (χ1) is 11.6. The molecule has 1 aromatic carbocycles. The SMILES string of the molecule is Cc1nn(C(C)(C)C)cc1[C@H](C)NC(=O)[C@H](C)Oc1ccc(Br)cc1. The molecular formula is C19H26BrN3O2. The maximum absolute atomic E-state index is 12.4. The average molecular weight is 408 g/mol. The summed E-state index contributed by atoms with van der Waals surface area (Å²) in [6, 6.07) is 7.28. The molecule has 1 aromatic heterocycles. The first-order valence-electron chi connectivity index (χ1n) is 8.37. The fraction of sp³-hybridized carbons (Fsp3) is 0.474. The second-order valence-electron chi connectivity index (χ2n) is 7.23. The molecule has 2 rings (SSSR count). The van der Waals surface area contributed by atoms with E-state index in [1.807, 2.05) is 49.0 Å². The molecule has 0 aliphatic rings. The van der Waals surface area contributed by atoms with Crippen LogP contribution in [0.25, 0.3) is 0 Å². The molecule has 0 bridgehead atoms. The van der Waals surface area contributed by atoms with Crippen LogP contribution >= 0.6 is 15.9 Å². The van der Waals surface area contributed by atoms with Crippen molar-refractivity contribution in [1.82, 2.24) is 15.1 Å². The second-order valence-corrected chi connectivity index (χ2v) is 8.15. The van der Waals surface area contributed by atoms with Crippen molar-refractivity contribution in [2.75, 3.05) is 0 Å². The van der Waals surface area contributed by atoms with Crippen molar-refractivity contribution in [3.05, 3.63) is 46.2 Å². The first-order valence-corrected chi connectivity index (χ1v) is 9.16. The van der Waals surface area contributed by atoms with E-state index in [0.29, 0.717) is 5.75 Å². The molecule has 0 radical (unpaired) electrons. The van der Waals surface area contributed by atoms with Gasteiger partial charge in [-0.25, -0.2) is 0 Å². The molecule has 0 spiro atoms. The van der Waals surface area contributed by atoms with Gasteiger partial charge in [-0.2, -0.15) is 5.10 Å². The van der Waals surface area contributed by atoms with Crippen LogP contribution in [-0.4, -0.2) is 21.8 Å². The van der Waals surface area contributed by atoms with Crippen molar-refractivity contribution in [3.63, 3.8) is 0 Å². The first kappa shape index (κ1) is 19.5. The van der Waals surface area contributed by atoms with Crippen LogP contribution in [0, 0.1) is 6.92 Å². The summed E-state index contributed by atoms with van der Waals surface area (Å²) in [6.07, 6.45) is 1.42. The van der Waals surface area contributed by atoms with Gasteiger partial charge >= 0.3 is 0 Å². The Morgan fingerprint density at radius 3 is 2.36 bits per heavy atom. The number of nitrogens with zero attached hydrogens (tertiary/aromatic N) is 2. The van der Waals surface area contributed by atoms with Crippen LogP contribution < -0.4 is 10.1 Å². The number of halogens is 1. The van der Waals surface area contributed by atoms with Gasteiger partial charge in [0.1, 0.15) is 5.75 Å². The molecule has 0 saturated heterocycles. The molecule has 0 saturated carbocycles. The van der Waals surface area contributed by atoms with Crippen LogP contribution in [0.3, 0.4) is 0 Å². The van der Waals surface area contributed by atoms with E-state index < -0.39 is 6.10 Å². The largest absolute Gasteiger partial charge is 0.481 e. The van der Waals surface area contributed by atoms with Crippen molar-refractivity contribution < 1.29 is 9.53 Å². The van der Waals surface area contributed by atoms with Gasteiger partial charge in [-0.15, -0.1) is 0 Å². The number of carbonyl (C=O) groups excluding carboxylic acids is 1. The molecule has 0 aliphatic heterocycles. The third-order valence-corrected chi connectivity index (χ3v) is 4.47. The number of aromatic nitrogens is 2. The lowest BCUT2D eigenvalue weighted by Gasteiger charge is -2.20. The summed E-state index contributed by atoms with van der Waals surface area (Å²) < 4.78 is 8.61. The lowest BCUT2D eigenvalue weighted by molar-refractivity contribution is -0.127. The Kier molecular flexibility index (Phi) is 5.93. The summed E-state index contributed by atoms with van der Waals surface area (Å²) in [5.41, 5.74) is 1.84. The van der Waals surface area contributed by atoms with Crippen molar-refractivity contribution in [1.29, 1.82) is 0 Å². The maximum atomic E-state index is 12.4. The van der Waals surface area contributed by atoms with Crippen LogP contribution in [0.15, 0.2) is 34.9 Å². The Hall–Kier alpha value is -1.82. The molecule has 2 atom stereocenters. The number of carbonyl (C=O) groups is 1. The average Bonchev–Trinajstić information content (AvgIpc) is 2.91. The number of amides is 1. The van der Waals surface area contributed by atoms with Gasteiger partial charge in [0.05, 0.1) is 17.3 Å². The van der Waals surface area contributed by atoms with Crippen LogP contribution in [0.1, 0.15) is 51.9 Å². The number of ether oxygens (including phenoxy) is 1. The Balaban J connectivity index is 2.02. The minimum Gasteiger partial charge on any atom is -0.481 e. The zero-order chi connectivity index (χ0) is 18.8. The Morgan fingerprint density at radius 1 is 1.24 bits per heavy atom. The third-order valence-electron chi connectivity index (χ3n) is 3.95. The van der Waals surface area contributed by atoms with E-state index in [1.165, 1.54) is 0 Å². The number of benzene rings is 1. The lowest BCUT2D eigenvalue weighted by atomic mass is 10.1. The normalized spacial score (nSPS) is 14.0. The summed E-state index contributed by atoms with van der Waals surface area (Å²) in [7, 11) is 0. The monoisotopic (exact) mass is 407 g/mol. The summed E-state index contributed by atoms with van der Waals surface area (Å²) in [6.45, 7) is 12.0. The van der Waals surface area contributed by atoms with Crippen molar-refractivity contribution in [2.24, 2.45) is 0 Å². The summed E-state index contributed by atoms with van der Waals surface area (Å²) >= 11 is 3.38. The predicted molar refractivity (Wildman–Crippen MR) is 103 cm³/mol. The highest BCUT2D eigenvalue weighted by Gasteiger charge is 2.22. The highest BCUT2D eigenvalue weighted by molar-refractivity contribution is 9.10. The number of aryl methyl sites for hydroxylation is 1. The lowest BCUT2D eigenvalue weighted by Crippen LogP contribution is -2.37.